The van der Waals surface area contributed by atoms with Crippen molar-refractivity contribution in [3.8, 4) is 5.75 Å². The van der Waals surface area contributed by atoms with E-state index in [0.717, 1.165) is 38.6 Å². The molecule has 1 atom stereocenters. The van der Waals surface area contributed by atoms with Crippen LogP contribution in [0.3, 0.4) is 0 Å². The van der Waals surface area contributed by atoms with Gasteiger partial charge in [-0.2, -0.15) is 0 Å². The lowest BCUT2D eigenvalue weighted by molar-refractivity contribution is 0.0642. The van der Waals surface area contributed by atoms with Gasteiger partial charge < -0.3 is 14.9 Å². The molecule has 4 rings (SSSR count). The predicted molar refractivity (Wildman–Crippen MR) is 131 cm³/mol. The Hall–Kier alpha value is -3.27. The summed E-state index contributed by atoms with van der Waals surface area (Å²) >= 11 is 0. The minimum Gasteiger partial charge on any atom is -0.508 e. The quantitative estimate of drug-likeness (QED) is 0.578. The molecular formula is C28H34N2O2. The Morgan fingerprint density at radius 1 is 1.03 bits per heavy atom. The van der Waals surface area contributed by atoms with Crippen molar-refractivity contribution in [2.45, 2.75) is 50.7 Å². The van der Waals surface area contributed by atoms with Gasteiger partial charge in [0.15, 0.2) is 0 Å². The number of phenolic OH excluding ortho intramolecular Hbond substituents is 1. The Morgan fingerprint density at radius 3 is 2.31 bits per heavy atom. The molecule has 32 heavy (non-hydrogen) atoms. The summed E-state index contributed by atoms with van der Waals surface area (Å²) < 4.78 is 0. The molecule has 2 aliphatic rings. The molecule has 0 saturated heterocycles. The predicted octanol–water partition coefficient (Wildman–Crippen LogP) is 5.92. The van der Waals surface area contributed by atoms with Gasteiger partial charge >= 0.3 is 0 Å². The minimum absolute atomic E-state index is 0.0759. The normalized spacial score (nSPS) is 19.1. The molecule has 168 valence electrons. The molecule has 2 aliphatic carbocycles. The lowest BCUT2D eigenvalue weighted by Gasteiger charge is -2.37. The molecule has 2 aromatic rings. The van der Waals surface area contributed by atoms with Gasteiger partial charge in [-0.25, -0.2) is 0 Å². The van der Waals surface area contributed by atoms with E-state index in [2.05, 4.69) is 67.0 Å². The molecule has 4 nitrogen and oxygen atoms in total. The van der Waals surface area contributed by atoms with Crippen LogP contribution in [-0.2, 0) is 6.54 Å². The molecule has 1 N–H and O–H groups in total. The molecule has 2 saturated carbocycles. The number of phenols is 1. The summed E-state index contributed by atoms with van der Waals surface area (Å²) in [6.07, 6.45) is 7.08. The molecule has 0 aromatic heterocycles. The maximum Gasteiger partial charge on any atom is 0.254 e. The number of amides is 1. The Labute approximate surface area is 192 Å². The second kappa shape index (κ2) is 10.9. The van der Waals surface area contributed by atoms with Crippen LogP contribution >= 0.6 is 0 Å². The Balaban J connectivity index is 0.00000141. The molecule has 0 spiro atoms. The van der Waals surface area contributed by atoms with Gasteiger partial charge in [-0.15, -0.1) is 13.2 Å². The molecule has 2 aromatic carbocycles. The van der Waals surface area contributed by atoms with Crippen LogP contribution in [0.25, 0.3) is 0 Å². The molecule has 1 amide bonds. The highest BCUT2D eigenvalue weighted by molar-refractivity contribution is 5.95. The zero-order valence-corrected chi connectivity index (χ0v) is 19.0. The van der Waals surface area contributed by atoms with Crippen LogP contribution in [-0.4, -0.2) is 39.9 Å². The summed E-state index contributed by atoms with van der Waals surface area (Å²) in [5, 5.41) is 9.55. The Morgan fingerprint density at radius 2 is 1.69 bits per heavy atom. The van der Waals surface area contributed by atoms with Crippen LogP contribution in [0.5, 0.6) is 5.75 Å². The van der Waals surface area contributed by atoms with Crippen molar-refractivity contribution in [2.75, 3.05) is 7.05 Å². The van der Waals surface area contributed by atoms with E-state index in [1.807, 2.05) is 6.07 Å². The molecule has 0 radical (unpaired) electrons. The monoisotopic (exact) mass is 430 g/mol. The number of carbonyl (C=O) groups is 1. The smallest absolute Gasteiger partial charge is 0.254 e. The number of nitrogens with zero attached hydrogens (tertiary/aromatic N) is 2. The van der Waals surface area contributed by atoms with Crippen molar-refractivity contribution in [2.24, 2.45) is 0 Å². The van der Waals surface area contributed by atoms with E-state index in [-0.39, 0.29) is 17.7 Å². The van der Waals surface area contributed by atoms with Crippen molar-refractivity contribution in [3.63, 3.8) is 0 Å². The van der Waals surface area contributed by atoms with E-state index < -0.39 is 0 Å². The Kier molecular flexibility index (Phi) is 7.93. The number of allylic oxidation sites excluding steroid dienone is 1. The molecule has 4 heteroatoms. The number of benzene rings is 2. The summed E-state index contributed by atoms with van der Waals surface area (Å²) in [7, 11) is 2.09. The van der Waals surface area contributed by atoms with Gasteiger partial charge in [0.2, 0.25) is 0 Å². The number of hydrogen-bond donors (Lipinski definition) is 1. The fourth-order valence-electron chi connectivity index (χ4n) is 4.30. The van der Waals surface area contributed by atoms with Crippen molar-refractivity contribution in [3.05, 3.63) is 103 Å². The maximum absolute atomic E-state index is 13.3. The highest BCUT2D eigenvalue weighted by Gasteiger charge is 2.39. The highest BCUT2D eigenvalue weighted by atomic mass is 16.3. The number of rotatable bonds is 6. The van der Waals surface area contributed by atoms with Crippen LogP contribution in [0.1, 0.15) is 48.0 Å². The van der Waals surface area contributed by atoms with Crippen molar-refractivity contribution >= 4 is 5.91 Å². The topological polar surface area (TPSA) is 43.8 Å². The molecule has 0 heterocycles. The van der Waals surface area contributed by atoms with Gasteiger partial charge in [0.1, 0.15) is 5.75 Å². The zero-order valence-electron chi connectivity index (χ0n) is 19.0. The highest BCUT2D eigenvalue weighted by Crippen LogP contribution is 2.38. The van der Waals surface area contributed by atoms with Crippen molar-refractivity contribution in [1.82, 2.24) is 9.80 Å². The molecule has 2 fully saturated rings. The first kappa shape index (κ1) is 23.4. The maximum atomic E-state index is 13.3. The third kappa shape index (κ3) is 5.91. The van der Waals surface area contributed by atoms with Crippen LogP contribution in [0.2, 0.25) is 0 Å². The van der Waals surface area contributed by atoms with Crippen LogP contribution in [0.4, 0.5) is 0 Å². The Bertz CT molecular complexity index is 945. The second-order valence-corrected chi connectivity index (χ2v) is 8.55. The van der Waals surface area contributed by atoms with Gasteiger partial charge in [-0.05, 0) is 67.5 Å². The lowest BCUT2D eigenvalue weighted by atomic mass is 9.86. The van der Waals surface area contributed by atoms with E-state index in [9.17, 15) is 9.90 Å². The summed E-state index contributed by atoms with van der Waals surface area (Å²) in [5.74, 6) is 0.261. The third-order valence-electron chi connectivity index (χ3n) is 6.02. The van der Waals surface area contributed by atoms with E-state index in [4.69, 9.17) is 0 Å². The fraction of sp³-hybridized carbons (Fsp3) is 0.321. The van der Waals surface area contributed by atoms with E-state index in [1.165, 1.54) is 16.7 Å². The number of aromatic hydroxyl groups is 1. The first-order valence-corrected chi connectivity index (χ1v) is 11.3. The summed E-state index contributed by atoms with van der Waals surface area (Å²) in [4.78, 5) is 17.6. The third-order valence-corrected chi connectivity index (χ3v) is 6.02. The van der Waals surface area contributed by atoms with Crippen LogP contribution in [0.15, 0.2) is 91.7 Å². The van der Waals surface area contributed by atoms with Crippen LogP contribution < -0.4 is 0 Å². The zero-order chi connectivity index (χ0) is 23.1. The van der Waals surface area contributed by atoms with Gasteiger partial charge in [0.25, 0.3) is 5.91 Å². The number of carbonyl (C=O) groups excluding carboxylic acids is 1. The van der Waals surface area contributed by atoms with Gasteiger partial charge in [-0.3, -0.25) is 4.79 Å². The second-order valence-electron chi connectivity index (χ2n) is 8.55. The first-order chi connectivity index (χ1) is 15.5. The summed E-state index contributed by atoms with van der Waals surface area (Å²) in [6.45, 7) is 11.1. The summed E-state index contributed by atoms with van der Waals surface area (Å²) in [6, 6.07) is 17.6. The molecule has 0 aliphatic heterocycles. The molecule has 0 bridgehead atoms. The first-order valence-electron chi connectivity index (χ1n) is 11.3. The number of hydrogen-bond acceptors (Lipinski definition) is 3. The van der Waals surface area contributed by atoms with Crippen molar-refractivity contribution in [1.29, 1.82) is 0 Å². The SMILES string of the molecule is C=C.C=C1CCC(N(C(=O)c2ccc(O)cc2)C2CC2)C/C1=C/N(C)Cc1ccccc1. The van der Waals surface area contributed by atoms with Gasteiger partial charge in [0.05, 0.1) is 0 Å². The average Bonchev–Trinajstić information content (AvgIpc) is 3.63. The van der Waals surface area contributed by atoms with Crippen molar-refractivity contribution < 1.29 is 9.90 Å². The van der Waals surface area contributed by atoms with Crippen LogP contribution in [0, 0.1) is 0 Å². The van der Waals surface area contributed by atoms with E-state index >= 15 is 0 Å². The average molecular weight is 431 g/mol. The van der Waals surface area contributed by atoms with Gasteiger partial charge in [-0.1, -0.05) is 42.5 Å². The molecular weight excluding hydrogens is 396 g/mol. The largest absolute Gasteiger partial charge is 0.508 e. The summed E-state index contributed by atoms with van der Waals surface area (Å²) in [5.41, 5.74) is 4.35. The van der Waals surface area contributed by atoms with Gasteiger partial charge in [0, 0.05) is 37.4 Å². The van der Waals surface area contributed by atoms with E-state index in [1.54, 1.807) is 24.3 Å². The standard InChI is InChI=1S/C26H30N2O2.C2H4/c1-19-8-11-24(16-22(19)18-27(2)17-20-6-4-3-5-7-20)28(23-12-13-23)26(30)21-9-14-25(29)15-10-21;1-2/h3-7,9-10,14-15,18,23-24,29H,1,8,11-13,16-17H2,2H3;1-2H2/b22-18-;. The lowest BCUT2D eigenvalue weighted by Crippen LogP contribution is -2.43. The fourth-order valence-corrected chi connectivity index (χ4v) is 4.30. The van der Waals surface area contributed by atoms with E-state index in [0.29, 0.717) is 11.6 Å². The molecule has 1 unspecified atom stereocenters. The minimum atomic E-state index is 0.0759.